The second-order valence-corrected chi connectivity index (χ2v) is 9.02. The molecule has 8 heteroatoms. The molecule has 0 saturated heterocycles. The number of rotatable bonds is 8. The molecule has 26 heavy (non-hydrogen) atoms. The van der Waals surface area contributed by atoms with E-state index in [9.17, 15) is 13.2 Å². The second kappa shape index (κ2) is 8.69. The van der Waals surface area contributed by atoms with Crippen LogP contribution in [0.4, 0.5) is 0 Å². The van der Waals surface area contributed by atoms with Crippen LogP contribution >= 0.6 is 12.4 Å². The normalized spacial score (nSPS) is 16.5. The molecule has 0 heterocycles. The molecule has 4 N–H and O–H groups in total. The number of amides is 1. The molecule has 6 nitrogen and oxygen atoms in total. The second-order valence-electron chi connectivity index (χ2n) is 7.32. The van der Waals surface area contributed by atoms with E-state index < -0.39 is 10.0 Å². The van der Waals surface area contributed by atoms with E-state index in [1.165, 1.54) is 0 Å². The maximum atomic E-state index is 12.6. The summed E-state index contributed by atoms with van der Waals surface area (Å²) in [6, 6.07) is 3.69. The van der Waals surface area contributed by atoms with Crippen molar-refractivity contribution in [2.45, 2.75) is 57.4 Å². The van der Waals surface area contributed by atoms with Crippen LogP contribution in [-0.4, -0.2) is 33.0 Å². The standard InChI is InChI=1S/C18H29N3O3S.ClH/c1-12-9-13(2)17(14(3)10-12)25(23,24)20-8-7-16(22)21-18(4,11-19)15-5-6-15;/h9-10,15,20H,5-8,11,19H2,1-4H3,(H,21,22);1H. The van der Waals surface area contributed by atoms with Gasteiger partial charge in [0.1, 0.15) is 0 Å². The maximum absolute atomic E-state index is 12.6. The van der Waals surface area contributed by atoms with Crippen molar-refractivity contribution < 1.29 is 13.2 Å². The van der Waals surface area contributed by atoms with E-state index >= 15 is 0 Å². The van der Waals surface area contributed by atoms with Crippen molar-refractivity contribution in [3.05, 3.63) is 28.8 Å². The lowest BCUT2D eigenvalue weighted by atomic mass is 9.96. The Hall–Kier alpha value is -1.15. The van der Waals surface area contributed by atoms with E-state index in [0.29, 0.717) is 28.5 Å². The summed E-state index contributed by atoms with van der Waals surface area (Å²) >= 11 is 0. The Labute approximate surface area is 162 Å². The van der Waals surface area contributed by atoms with E-state index in [1.807, 2.05) is 26.0 Å². The number of hydrogen-bond donors (Lipinski definition) is 3. The first-order valence-electron chi connectivity index (χ1n) is 8.67. The molecule has 2 rings (SSSR count). The van der Waals surface area contributed by atoms with Gasteiger partial charge in [0.2, 0.25) is 15.9 Å². The maximum Gasteiger partial charge on any atom is 0.241 e. The van der Waals surface area contributed by atoms with E-state index in [4.69, 9.17) is 5.73 Å². The lowest BCUT2D eigenvalue weighted by Crippen LogP contribution is -2.53. The van der Waals surface area contributed by atoms with Crippen LogP contribution in [0.15, 0.2) is 17.0 Å². The van der Waals surface area contributed by atoms with Crippen LogP contribution in [-0.2, 0) is 14.8 Å². The molecule has 1 atom stereocenters. The zero-order valence-electron chi connectivity index (χ0n) is 15.9. The molecule has 148 valence electrons. The van der Waals surface area contributed by atoms with Gasteiger partial charge in [-0.2, -0.15) is 0 Å². The number of sulfonamides is 1. The Bertz CT molecular complexity index is 740. The predicted octanol–water partition coefficient (Wildman–Crippen LogP) is 1.95. The molecule has 0 bridgehead atoms. The molecule has 1 aromatic rings. The van der Waals surface area contributed by atoms with E-state index in [0.717, 1.165) is 18.4 Å². The van der Waals surface area contributed by atoms with Gasteiger partial charge >= 0.3 is 0 Å². The van der Waals surface area contributed by atoms with Crippen LogP contribution in [0.2, 0.25) is 0 Å². The summed E-state index contributed by atoms with van der Waals surface area (Å²) in [5.41, 5.74) is 7.84. The van der Waals surface area contributed by atoms with Gasteiger partial charge in [0.15, 0.2) is 0 Å². The number of benzene rings is 1. The fourth-order valence-electron chi connectivity index (χ4n) is 3.38. The number of nitrogens with one attached hydrogen (secondary N) is 2. The lowest BCUT2D eigenvalue weighted by Gasteiger charge is -2.29. The molecule has 1 aromatic carbocycles. The number of carbonyl (C=O) groups is 1. The summed E-state index contributed by atoms with van der Waals surface area (Å²) < 4.78 is 27.7. The molecule has 0 aromatic heterocycles. The highest BCUT2D eigenvalue weighted by atomic mass is 35.5. The molecule has 1 aliphatic carbocycles. The molecular formula is C18H30ClN3O3S. The number of hydrogen-bond acceptors (Lipinski definition) is 4. The first-order chi connectivity index (χ1) is 11.6. The average molecular weight is 404 g/mol. The van der Waals surface area contributed by atoms with Crippen LogP contribution in [0.3, 0.4) is 0 Å². The van der Waals surface area contributed by atoms with Crippen molar-refractivity contribution in [1.82, 2.24) is 10.0 Å². The van der Waals surface area contributed by atoms with Gasteiger partial charge in [-0.3, -0.25) is 4.79 Å². The molecule has 1 unspecified atom stereocenters. The third kappa shape index (κ3) is 5.42. The van der Waals surface area contributed by atoms with Crippen LogP contribution in [0, 0.1) is 26.7 Å². The largest absolute Gasteiger partial charge is 0.349 e. The van der Waals surface area contributed by atoms with Crippen molar-refractivity contribution in [2.24, 2.45) is 11.7 Å². The third-order valence-electron chi connectivity index (χ3n) is 4.84. The Kier molecular flexibility index (Phi) is 7.65. The van der Waals surface area contributed by atoms with Gasteiger partial charge < -0.3 is 11.1 Å². The number of aryl methyl sites for hydroxylation is 3. The lowest BCUT2D eigenvalue weighted by molar-refractivity contribution is -0.122. The number of halogens is 1. The summed E-state index contributed by atoms with van der Waals surface area (Å²) in [4.78, 5) is 12.4. The van der Waals surface area contributed by atoms with Gasteiger partial charge in [0, 0.05) is 19.5 Å². The monoisotopic (exact) mass is 403 g/mol. The van der Waals surface area contributed by atoms with Crippen LogP contribution < -0.4 is 15.8 Å². The van der Waals surface area contributed by atoms with E-state index in [1.54, 1.807) is 13.8 Å². The molecule has 0 aliphatic heterocycles. The summed E-state index contributed by atoms with van der Waals surface area (Å²) in [6.07, 6.45) is 2.24. The fourth-order valence-corrected chi connectivity index (χ4v) is 4.86. The summed E-state index contributed by atoms with van der Waals surface area (Å²) in [5, 5.41) is 2.96. The van der Waals surface area contributed by atoms with Gasteiger partial charge in [0.05, 0.1) is 10.4 Å². The first kappa shape index (κ1) is 22.9. The Morgan fingerprint density at radius 3 is 2.23 bits per heavy atom. The first-order valence-corrected chi connectivity index (χ1v) is 10.2. The predicted molar refractivity (Wildman–Crippen MR) is 106 cm³/mol. The average Bonchev–Trinajstić information content (AvgIpc) is 3.30. The van der Waals surface area contributed by atoms with Crippen LogP contribution in [0.1, 0.15) is 42.9 Å². The molecule has 1 saturated carbocycles. The van der Waals surface area contributed by atoms with Crippen LogP contribution in [0.25, 0.3) is 0 Å². The quantitative estimate of drug-likeness (QED) is 0.617. The summed E-state index contributed by atoms with van der Waals surface area (Å²) in [5.74, 6) is 0.246. The smallest absolute Gasteiger partial charge is 0.241 e. The van der Waals surface area contributed by atoms with Gasteiger partial charge in [-0.1, -0.05) is 17.7 Å². The highest BCUT2D eigenvalue weighted by Gasteiger charge is 2.41. The number of nitrogens with two attached hydrogens (primary N) is 1. The van der Waals surface area contributed by atoms with Crippen molar-refractivity contribution in [2.75, 3.05) is 13.1 Å². The minimum atomic E-state index is -3.64. The summed E-state index contributed by atoms with van der Waals surface area (Å²) in [7, 11) is -3.64. The topological polar surface area (TPSA) is 101 Å². The van der Waals surface area contributed by atoms with E-state index in [-0.39, 0.29) is 36.8 Å². The minimum absolute atomic E-state index is 0. The summed E-state index contributed by atoms with van der Waals surface area (Å²) in [6.45, 7) is 7.89. The molecule has 0 spiro atoms. The van der Waals surface area contributed by atoms with Crippen molar-refractivity contribution in [3.8, 4) is 0 Å². The Morgan fingerprint density at radius 2 is 1.77 bits per heavy atom. The van der Waals surface area contributed by atoms with Gasteiger partial charge in [-0.25, -0.2) is 13.1 Å². The SMILES string of the molecule is Cc1cc(C)c(S(=O)(=O)NCCC(=O)NC(C)(CN)C2CC2)c(C)c1.Cl. The van der Waals surface area contributed by atoms with E-state index in [2.05, 4.69) is 10.0 Å². The zero-order chi connectivity index (χ0) is 18.8. The highest BCUT2D eigenvalue weighted by Crippen LogP contribution is 2.38. The third-order valence-corrected chi connectivity index (χ3v) is 6.61. The van der Waals surface area contributed by atoms with Crippen molar-refractivity contribution in [1.29, 1.82) is 0 Å². The Morgan fingerprint density at radius 1 is 1.23 bits per heavy atom. The van der Waals surface area contributed by atoms with Gasteiger partial charge in [-0.05, 0) is 57.6 Å². The van der Waals surface area contributed by atoms with Gasteiger partial charge in [0.25, 0.3) is 0 Å². The highest BCUT2D eigenvalue weighted by molar-refractivity contribution is 7.89. The Balaban J connectivity index is 0.00000338. The minimum Gasteiger partial charge on any atom is -0.349 e. The molecule has 1 aliphatic rings. The zero-order valence-corrected chi connectivity index (χ0v) is 17.5. The number of carbonyl (C=O) groups excluding carboxylic acids is 1. The molecular weight excluding hydrogens is 374 g/mol. The van der Waals surface area contributed by atoms with Crippen LogP contribution in [0.5, 0.6) is 0 Å². The fraction of sp³-hybridized carbons (Fsp3) is 0.611. The van der Waals surface area contributed by atoms with Crippen molar-refractivity contribution in [3.63, 3.8) is 0 Å². The molecule has 0 radical (unpaired) electrons. The van der Waals surface area contributed by atoms with Crippen molar-refractivity contribution >= 4 is 28.3 Å². The molecule has 1 fully saturated rings. The molecule has 1 amide bonds. The van der Waals surface area contributed by atoms with Gasteiger partial charge in [-0.15, -0.1) is 12.4 Å².